The lowest BCUT2D eigenvalue weighted by Crippen LogP contribution is -2.48. The first-order valence-electron chi connectivity index (χ1n) is 7.53. The van der Waals surface area contributed by atoms with Crippen molar-refractivity contribution in [3.63, 3.8) is 0 Å². The Labute approximate surface area is 117 Å². The van der Waals surface area contributed by atoms with Crippen molar-refractivity contribution in [2.75, 3.05) is 18.0 Å². The molecule has 0 aliphatic carbocycles. The summed E-state index contributed by atoms with van der Waals surface area (Å²) in [5, 5.41) is 10.4. The Hall–Kier alpha value is -1.02. The number of para-hydroxylation sites is 1. The van der Waals surface area contributed by atoms with Crippen molar-refractivity contribution in [3.8, 4) is 0 Å². The van der Waals surface area contributed by atoms with E-state index in [1.165, 1.54) is 16.8 Å². The minimum atomic E-state index is -0.240. The zero-order valence-corrected chi connectivity index (χ0v) is 12.7. The van der Waals surface area contributed by atoms with Crippen molar-refractivity contribution in [2.45, 2.75) is 53.1 Å². The first-order chi connectivity index (χ1) is 8.99. The highest BCUT2D eigenvalue weighted by Crippen LogP contribution is 2.35. The molecule has 0 bridgehead atoms. The molecule has 1 aliphatic rings. The summed E-state index contributed by atoms with van der Waals surface area (Å²) >= 11 is 0. The van der Waals surface area contributed by atoms with Crippen molar-refractivity contribution in [2.24, 2.45) is 5.41 Å². The van der Waals surface area contributed by atoms with E-state index < -0.39 is 0 Å². The number of rotatable bonds is 3. The van der Waals surface area contributed by atoms with E-state index >= 15 is 0 Å². The van der Waals surface area contributed by atoms with Crippen LogP contribution in [0.5, 0.6) is 0 Å². The lowest BCUT2D eigenvalue weighted by molar-refractivity contribution is 0.0350. The van der Waals surface area contributed by atoms with Crippen LogP contribution in [0.15, 0.2) is 18.2 Å². The van der Waals surface area contributed by atoms with Crippen molar-refractivity contribution in [1.82, 2.24) is 0 Å². The normalized spacial score (nSPS) is 22.6. The number of nitrogens with zero attached hydrogens (tertiary/aromatic N) is 1. The standard InChI is InChI=1S/C17H27NO/c1-5-13-8-7-9-14(6-2)16(13)18-11-10-17(3,4)15(19)12-18/h7-9,15,19H,5-6,10-12H2,1-4H3. The molecule has 0 saturated carbocycles. The summed E-state index contributed by atoms with van der Waals surface area (Å²) in [5.41, 5.74) is 4.24. The van der Waals surface area contributed by atoms with Crippen LogP contribution in [0.4, 0.5) is 5.69 Å². The molecule has 0 radical (unpaired) electrons. The minimum absolute atomic E-state index is 0.0457. The number of piperidine rings is 1. The molecule has 1 aromatic carbocycles. The third-order valence-electron chi connectivity index (χ3n) is 4.60. The van der Waals surface area contributed by atoms with E-state index in [0.29, 0.717) is 0 Å². The van der Waals surface area contributed by atoms with Crippen LogP contribution in [0.2, 0.25) is 0 Å². The van der Waals surface area contributed by atoms with E-state index in [1.807, 2.05) is 0 Å². The van der Waals surface area contributed by atoms with Crippen LogP contribution in [-0.4, -0.2) is 24.3 Å². The van der Waals surface area contributed by atoms with Gasteiger partial charge in [0.2, 0.25) is 0 Å². The molecule has 0 amide bonds. The molecule has 0 spiro atoms. The highest BCUT2D eigenvalue weighted by molar-refractivity contribution is 5.60. The van der Waals surface area contributed by atoms with Gasteiger partial charge < -0.3 is 10.0 Å². The first kappa shape index (κ1) is 14.4. The van der Waals surface area contributed by atoms with Gasteiger partial charge in [0.1, 0.15) is 0 Å². The summed E-state index contributed by atoms with van der Waals surface area (Å²) < 4.78 is 0. The molecule has 1 N–H and O–H groups in total. The molecule has 1 saturated heterocycles. The molecular weight excluding hydrogens is 234 g/mol. The third-order valence-corrected chi connectivity index (χ3v) is 4.60. The van der Waals surface area contributed by atoms with Crippen molar-refractivity contribution < 1.29 is 5.11 Å². The van der Waals surface area contributed by atoms with Crippen LogP contribution in [0.1, 0.15) is 45.2 Å². The van der Waals surface area contributed by atoms with Gasteiger partial charge in [0.05, 0.1) is 6.10 Å². The fraction of sp³-hybridized carbons (Fsp3) is 0.647. The SMILES string of the molecule is CCc1cccc(CC)c1N1CCC(C)(C)C(O)C1. The lowest BCUT2D eigenvalue weighted by Gasteiger charge is -2.43. The van der Waals surface area contributed by atoms with Crippen molar-refractivity contribution in [1.29, 1.82) is 0 Å². The molecular formula is C17H27NO. The van der Waals surface area contributed by atoms with Gasteiger partial charge in [-0.2, -0.15) is 0 Å². The molecule has 1 atom stereocenters. The van der Waals surface area contributed by atoms with Gasteiger partial charge in [0, 0.05) is 18.8 Å². The van der Waals surface area contributed by atoms with Gasteiger partial charge in [0.15, 0.2) is 0 Å². The van der Waals surface area contributed by atoms with Crippen LogP contribution >= 0.6 is 0 Å². The summed E-state index contributed by atoms with van der Waals surface area (Å²) in [5.74, 6) is 0. The number of aryl methyl sites for hydroxylation is 2. The Morgan fingerprint density at radius 3 is 2.26 bits per heavy atom. The first-order valence-corrected chi connectivity index (χ1v) is 7.53. The number of aliphatic hydroxyl groups excluding tert-OH is 1. The Morgan fingerprint density at radius 2 is 1.79 bits per heavy atom. The van der Waals surface area contributed by atoms with E-state index in [4.69, 9.17) is 0 Å². The van der Waals surface area contributed by atoms with Crippen molar-refractivity contribution >= 4 is 5.69 Å². The topological polar surface area (TPSA) is 23.5 Å². The Morgan fingerprint density at radius 1 is 1.21 bits per heavy atom. The van der Waals surface area contributed by atoms with Gasteiger partial charge in [-0.3, -0.25) is 0 Å². The smallest absolute Gasteiger partial charge is 0.0766 e. The summed E-state index contributed by atoms with van der Waals surface area (Å²) in [7, 11) is 0. The molecule has 1 unspecified atom stereocenters. The molecule has 1 fully saturated rings. The van der Waals surface area contributed by atoms with E-state index in [1.54, 1.807) is 0 Å². The number of benzene rings is 1. The molecule has 19 heavy (non-hydrogen) atoms. The average molecular weight is 261 g/mol. The number of anilines is 1. The van der Waals surface area contributed by atoms with Gasteiger partial charge in [-0.05, 0) is 35.8 Å². The van der Waals surface area contributed by atoms with Gasteiger partial charge in [-0.15, -0.1) is 0 Å². The van der Waals surface area contributed by atoms with Gasteiger partial charge in [0.25, 0.3) is 0 Å². The van der Waals surface area contributed by atoms with E-state index in [-0.39, 0.29) is 11.5 Å². The van der Waals surface area contributed by atoms with Crippen LogP contribution in [-0.2, 0) is 12.8 Å². The monoisotopic (exact) mass is 261 g/mol. The Bertz CT molecular complexity index is 417. The fourth-order valence-electron chi connectivity index (χ4n) is 2.96. The van der Waals surface area contributed by atoms with E-state index in [2.05, 4.69) is 50.8 Å². The van der Waals surface area contributed by atoms with Crippen molar-refractivity contribution in [3.05, 3.63) is 29.3 Å². The van der Waals surface area contributed by atoms with Gasteiger partial charge in [-0.25, -0.2) is 0 Å². The summed E-state index contributed by atoms with van der Waals surface area (Å²) in [4.78, 5) is 2.40. The number of hydrogen-bond acceptors (Lipinski definition) is 2. The highest BCUT2D eigenvalue weighted by Gasteiger charge is 2.35. The Balaban J connectivity index is 2.32. The molecule has 0 aromatic heterocycles. The number of hydrogen-bond donors (Lipinski definition) is 1. The third kappa shape index (κ3) is 2.79. The minimum Gasteiger partial charge on any atom is -0.391 e. The van der Waals surface area contributed by atoms with Crippen LogP contribution in [0, 0.1) is 5.41 Å². The molecule has 2 nitrogen and oxygen atoms in total. The maximum atomic E-state index is 10.4. The summed E-state index contributed by atoms with van der Waals surface area (Å²) in [6.07, 6.45) is 2.92. The molecule has 2 heteroatoms. The average Bonchev–Trinajstić information content (AvgIpc) is 2.41. The fourth-order valence-corrected chi connectivity index (χ4v) is 2.96. The highest BCUT2D eigenvalue weighted by atomic mass is 16.3. The number of aliphatic hydroxyl groups is 1. The maximum absolute atomic E-state index is 10.4. The van der Waals surface area contributed by atoms with Crippen LogP contribution in [0.25, 0.3) is 0 Å². The largest absolute Gasteiger partial charge is 0.391 e. The molecule has 2 rings (SSSR count). The molecule has 106 valence electrons. The second kappa shape index (κ2) is 5.54. The quantitative estimate of drug-likeness (QED) is 0.901. The van der Waals surface area contributed by atoms with Crippen LogP contribution in [0.3, 0.4) is 0 Å². The predicted molar refractivity (Wildman–Crippen MR) is 81.8 cm³/mol. The van der Waals surface area contributed by atoms with Gasteiger partial charge in [-0.1, -0.05) is 45.9 Å². The second-order valence-corrected chi connectivity index (χ2v) is 6.33. The van der Waals surface area contributed by atoms with Crippen LogP contribution < -0.4 is 4.90 Å². The predicted octanol–water partition coefficient (Wildman–Crippen LogP) is 3.41. The zero-order chi connectivity index (χ0) is 14.0. The Kier molecular flexibility index (Phi) is 4.19. The summed E-state index contributed by atoms with van der Waals surface area (Å²) in [6, 6.07) is 6.60. The summed E-state index contributed by atoms with van der Waals surface area (Å²) in [6.45, 7) is 10.6. The lowest BCUT2D eigenvalue weighted by atomic mass is 9.79. The molecule has 1 aromatic rings. The zero-order valence-electron chi connectivity index (χ0n) is 12.7. The van der Waals surface area contributed by atoms with E-state index in [9.17, 15) is 5.11 Å². The maximum Gasteiger partial charge on any atom is 0.0766 e. The number of β-amino-alcohol motifs (C(OH)–C–C–N with tert-alkyl or cyclic N) is 1. The second-order valence-electron chi connectivity index (χ2n) is 6.33. The molecule has 1 aliphatic heterocycles. The van der Waals surface area contributed by atoms with Gasteiger partial charge >= 0.3 is 0 Å². The molecule has 1 heterocycles. The van der Waals surface area contributed by atoms with E-state index in [0.717, 1.165) is 32.4 Å².